The van der Waals surface area contributed by atoms with Crippen molar-refractivity contribution in [3.8, 4) is 0 Å². The molecule has 1 heterocycles. The molecule has 0 aromatic heterocycles. The van der Waals surface area contributed by atoms with Crippen LogP contribution in [0.1, 0.15) is 20.8 Å². The van der Waals surface area contributed by atoms with Crippen LogP contribution in [0.2, 0.25) is 0 Å². The summed E-state index contributed by atoms with van der Waals surface area (Å²) in [4.78, 5) is 0. The van der Waals surface area contributed by atoms with Crippen molar-refractivity contribution < 1.29 is 0 Å². The average Bonchev–Trinajstić information content (AvgIpc) is 2.60. The van der Waals surface area contributed by atoms with E-state index in [9.17, 15) is 0 Å². The molecule has 0 unspecified atom stereocenters. The Bertz CT molecular complexity index is 415. The van der Waals surface area contributed by atoms with Gasteiger partial charge in [0.2, 0.25) is 0 Å². The fourth-order valence-electron chi connectivity index (χ4n) is 2.00. The van der Waals surface area contributed by atoms with Crippen LogP contribution in [0.3, 0.4) is 0 Å². The molecule has 0 spiro atoms. The van der Waals surface area contributed by atoms with Crippen LogP contribution in [0.25, 0.3) is 0 Å². The van der Waals surface area contributed by atoms with Crippen LogP contribution in [0.5, 0.6) is 0 Å². The molecule has 0 radical (unpaired) electrons. The molecule has 0 atom stereocenters. The van der Waals surface area contributed by atoms with Crippen molar-refractivity contribution in [1.29, 1.82) is 0 Å². The molecule has 0 nitrogen and oxygen atoms in total. The number of rotatable bonds is 4. The zero-order chi connectivity index (χ0) is 12.0. The largest absolute Gasteiger partial charge is 0.193 e. The average molecular weight is 210 g/mol. The molecule has 82 valence electrons. The van der Waals surface area contributed by atoms with Gasteiger partial charge in [0.05, 0.1) is 0 Å². The van der Waals surface area contributed by atoms with E-state index in [4.69, 9.17) is 0 Å². The van der Waals surface area contributed by atoms with Gasteiger partial charge in [-0.25, -0.2) is 0 Å². The second kappa shape index (κ2) is 6.17. The molecule has 0 aromatic rings. The molecule has 0 aromatic carbocycles. The first-order valence-electron chi connectivity index (χ1n) is 5.75. The molecular formula is C15H19B. The maximum atomic E-state index is 3.90. The highest BCUT2D eigenvalue weighted by molar-refractivity contribution is 6.58. The quantitative estimate of drug-likeness (QED) is 0.618. The van der Waals surface area contributed by atoms with Gasteiger partial charge >= 0.3 is 0 Å². The van der Waals surface area contributed by atoms with E-state index in [0.717, 1.165) is 7.28 Å². The van der Waals surface area contributed by atoms with E-state index in [-0.39, 0.29) is 0 Å². The molecule has 0 bridgehead atoms. The third-order valence-corrected chi connectivity index (χ3v) is 2.64. The molecule has 0 N–H and O–H groups in total. The van der Waals surface area contributed by atoms with Crippen LogP contribution < -0.4 is 0 Å². The van der Waals surface area contributed by atoms with Gasteiger partial charge in [-0.3, -0.25) is 0 Å². The van der Waals surface area contributed by atoms with Crippen molar-refractivity contribution in [2.75, 3.05) is 0 Å². The summed E-state index contributed by atoms with van der Waals surface area (Å²) in [6, 6.07) is 0. The van der Waals surface area contributed by atoms with Gasteiger partial charge in [0.25, 0.3) is 0 Å². The minimum atomic E-state index is 0.993. The predicted molar refractivity (Wildman–Crippen MR) is 75.8 cm³/mol. The van der Waals surface area contributed by atoms with Gasteiger partial charge in [-0.1, -0.05) is 60.1 Å². The van der Waals surface area contributed by atoms with E-state index in [2.05, 4.69) is 63.8 Å². The number of hydrogen-bond donors (Lipinski definition) is 0. The predicted octanol–water partition coefficient (Wildman–Crippen LogP) is 3.86. The molecule has 1 heteroatoms. The van der Waals surface area contributed by atoms with E-state index in [1.165, 1.54) is 22.1 Å². The summed E-state index contributed by atoms with van der Waals surface area (Å²) >= 11 is 0. The molecule has 0 aliphatic carbocycles. The molecule has 1 aliphatic rings. The number of allylic oxidation sites excluding steroid dienone is 11. The van der Waals surface area contributed by atoms with E-state index < -0.39 is 0 Å². The molecule has 1 aliphatic heterocycles. The van der Waals surface area contributed by atoms with Gasteiger partial charge in [-0.05, 0) is 31.9 Å². The molecule has 0 saturated heterocycles. The van der Waals surface area contributed by atoms with E-state index in [1.54, 1.807) is 0 Å². The van der Waals surface area contributed by atoms with Gasteiger partial charge in [-0.2, -0.15) is 0 Å². The summed E-state index contributed by atoms with van der Waals surface area (Å²) in [7, 11) is 0.993. The zero-order valence-electron chi connectivity index (χ0n) is 10.5. The molecule has 0 amide bonds. The fraction of sp³-hybridized carbons (Fsp3) is 0.200. The van der Waals surface area contributed by atoms with Crippen molar-refractivity contribution in [3.05, 3.63) is 71.2 Å². The monoisotopic (exact) mass is 210 g/mol. The van der Waals surface area contributed by atoms with E-state index in [0.29, 0.717) is 0 Å². The molecular weight excluding hydrogens is 191 g/mol. The van der Waals surface area contributed by atoms with Crippen molar-refractivity contribution in [3.63, 3.8) is 0 Å². The molecule has 0 saturated carbocycles. The normalized spacial score (nSPS) is 17.2. The third kappa shape index (κ3) is 2.54. The molecule has 1 rings (SSSR count). The van der Waals surface area contributed by atoms with Crippen LogP contribution >= 0.6 is 0 Å². The summed E-state index contributed by atoms with van der Waals surface area (Å²) in [6.07, 6.45) is 14.8. The lowest BCUT2D eigenvalue weighted by molar-refractivity contribution is 1.50. The van der Waals surface area contributed by atoms with Crippen LogP contribution in [0.4, 0.5) is 0 Å². The van der Waals surface area contributed by atoms with E-state index >= 15 is 0 Å². The Hall–Kier alpha value is -1.50. The molecule has 0 fully saturated rings. The smallest absolute Gasteiger partial charge is 0.0996 e. The summed E-state index contributed by atoms with van der Waals surface area (Å²) in [6.45, 7) is 10.1. The maximum Gasteiger partial charge on any atom is 0.193 e. The second-order valence-corrected chi connectivity index (χ2v) is 3.76. The van der Waals surface area contributed by atoms with Gasteiger partial charge in [0.1, 0.15) is 0 Å². The Labute approximate surface area is 99.7 Å². The van der Waals surface area contributed by atoms with Crippen LogP contribution in [-0.2, 0) is 0 Å². The highest BCUT2D eigenvalue weighted by atomic mass is 14.1. The summed E-state index contributed by atoms with van der Waals surface area (Å²) < 4.78 is 0. The topological polar surface area (TPSA) is 0 Å². The Morgan fingerprint density at radius 3 is 1.75 bits per heavy atom. The maximum absolute atomic E-state index is 3.90. The lowest BCUT2D eigenvalue weighted by Gasteiger charge is -2.02. The summed E-state index contributed by atoms with van der Waals surface area (Å²) in [5.74, 6) is 0. The highest BCUT2D eigenvalue weighted by Crippen LogP contribution is 2.30. The minimum absolute atomic E-state index is 0.993. The lowest BCUT2D eigenvalue weighted by Crippen LogP contribution is -1.91. The Balaban J connectivity index is 3.27. The van der Waals surface area contributed by atoms with Crippen molar-refractivity contribution in [2.24, 2.45) is 0 Å². The highest BCUT2D eigenvalue weighted by Gasteiger charge is 2.18. The Morgan fingerprint density at radius 1 is 0.812 bits per heavy atom. The van der Waals surface area contributed by atoms with Crippen molar-refractivity contribution in [2.45, 2.75) is 20.8 Å². The van der Waals surface area contributed by atoms with Crippen LogP contribution in [0, 0.1) is 0 Å². The zero-order valence-corrected chi connectivity index (χ0v) is 10.5. The fourth-order valence-corrected chi connectivity index (χ4v) is 2.00. The first-order chi connectivity index (χ1) is 7.78. The first kappa shape index (κ1) is 12.6. The third-order valence-electron chi connectivity index (χ3n) is 2.64. The van der Waals surface area contributed by atoms with Crippen molar-refractivity contribution >= 4 is 7.28 Å². The van der Waals surface area contributed by atoms with Crippen LogP contribution in [-0.4, -0.2) is 7.28 Å². The van der Waals surface area contributed by atoms with Gasteiger partial charge < -0.3 is 0 Å². The van der Waals surface area contributed by atoms with E-state index in [1.807, 2.05) is 6.08 Å². The Morgan fingerprint density at radius 2 is 1.31 bits per heavy atom. The molecule has 16 heavy (non-hydrogen) atoms. The Kier molecular flexibility index (Phi) is 4.85. The second-order valence-electron chi connectivity index (χ2n) is 3.76. The standard InChI is InChI=1S/C15H19B/c1-5-9-12-13(10-6-2)15(11-7-3)16-14(12)8-4/h5-11,16H,4H2,1-3H3/b9-5-,10-6-,11-7-. The SMILES string of the molecule is C=CC1=C(/C=C\C)C(/C=C\C)=C(/C=C\C)B1. The van der Waals surface area contributed by atoms with Gasteiger partial charge in [-0.15, -0.1) is 0 Å². The van der Waals surface area contributed by atoms with Gasteiger partial charge in [0, 0.05) is 0 Å². The van der Waals surface area contributed by atoms with Crippen molar-refractivity contribution in [1.82, 2.24) is 0 Å². The van der Waals surface area contributed by atoms with Crippen LogP contribution in [0.15, 0.2) is 71.2 Å². The minimum Gasteiger partial charge on any atom is -0.0996 e. The summed E-state index contributed by atoms with van der Waals surface area (Å²) in [5, 5.41) is 0. The number of hydrogen-bond acceptors (Lipinski definition) is 0. The van der Waals surface area contributed by atoms with Gasteiger partial charge in [0.15, 0.2) is 7.28 Å². The lowest BCUT2D eigenvalue weighted by atomic mass is 9.65. The summed E-state index contributed by atoms with van der Waals surface area (Å²) in [5.41, 5.74) is 5.33. The first-order valence-corrected chi connectivity index (χ1v) is 5.75.